The summed E-state index contributed by atoms with van der Waals surface area (Å²) in [5, 5.41) is 7.85. The molecule has 0 bridgehead atoms. The molecule has 2 N–H and O–H groups in total. The van der Waals surface area contributed by atoms with Gasteiger partial charge in [-0.15, -0.1) is 5.10 Å². The van der Waals surface area contributed by atoms with Crippen LogP contribution in [0.1, 0.15) is 17.3 Å². The van der Waals surface area contributed by atoms with Gasteiger partial charge in [0.1, 0.15) is 5.75 Å². The van der Waals surface area contributed by atoms with Gasteiger partial charge in [0.2, 0.25) is 0 Å². The van der Waals surface area contributed by atoms with Crippen molar-refractivity contribution in [3.8, 4) is 5.75 Å². The monoisotopic (exact) mass is 374 g/mol. The molecule has 0 aliphatic rings. The van der Waals surface area contributed by atoms with Crippen LogP contribution in [0.15, 0.2) is 27.3 Å². The fourth-order valence-electron chi connectivity index (χ4n) is 1.70. The van der Waals surface area contributed by atoms with Gasteiger partial charge in [0.25, 0.3) is 0 Å². The fourth-order valence-corrected chi connectivity index (χ4v) is 2.84. The minimum atomic E-state index is -0.304. The van der Waals surface area contributed by atoms with Gasteiger partial charge in [0.05, 0.1) is 23.3 Å². The predicted octanol–water partition coefficient (Wildman–Crippen LogP) is 2.40. The van der Waals surface area contributed by atoms with Crippen molar-refractivity contribution in [1.29, 1.82) is 0 Å². The molecule has 0 spiro atoms. The molecule has 0 radical (unpaired) electrons. The minimum absolute atomic E-state index is 0.304. The molecule has 1 aromatic heterocycles. The van der Waals surface area contributed by atoms with Crippen LogP contribution >= 0.6 is 31.9 Å². The molecule has 0 saturated heterocycles. The number of aryl methyl sites for hydroxylation is 1. The van der Waals surface area contributed by atoms with E-state index in [1.807, 2.05) is 25.2 Å². The Morgan fingerprint density at radius 1 is 1.39 bits per heavy atom. The van der Waals surface area contributed by atoms with Gasteiger partial charge in [0, 0.05) is 7.05 Å². The third-order valence-corrected chi connectivity index (χ3v) is 3.84. The van der Waals surface area contributed by atoms with Crippen LogP contribution in [0.25, 0.3) is 0 Å². The largest absolute Gasteiger partial charge is 0.496 e. The Kier molecular flexibility index (Phi) is 4.04. The van der Waals surface area contributed by atoms with E-state index in [9.17, 15) is 0 Å². The lowest BCUT2D eigenvalue weighted by Gasteiger charge is -2.14. The quantitative estimate of drug-likeness (QED) is 0.894. The van der Waals surface area contributed by atoms with E-state index in [4.69, 9.17) is 10.5 Å². The van der Waals surface area contributed by atoms with Crippen LogP contribution in [0, 0.1) is 0 Å². The van der Waals surface area contributed by atoms with Crippen LogP contribution in [0.2, 0.25) is 0 Å². The summed E-state index contributed by atoms with van der Waals surface area (Å²) < 4.78 is 8.37. The first kappa shape index (κ1) is 13.5. The third-order valence-electron chi connectivity index (χ3n) is 2.66. The standard InChI is InChI=1S/C11H12Br2N4O/c1-17-10(11(13)15-16-17)9(14)6-3-4-8(18-2)7(12)5-6/h3-5,9H,14H2,1-2H3. The summed E-state index contributed by atoms with van der Waals surface area (Å²) in [6.07, 6.45) is 0. The van der Waals surface area contributed by atoms with E-state index in [1.165, 1.54) is 0 Å². The topological polar surface area (TPSA) is 66.0 Å². The summed E-state index contributed by atoms with van der Waals surface area (Å²) in [7, 11) is 3.44. The van der Waals surface area contributed by atoms with Gasteiger partial charge in [-0.25, -0.2) is 4.68 Å². The number of nitrogens with zero attached hydrogens (tertiary/aromatic N) is 3. The van der Waals surface area contributed by atoms with Gasteiger partial charge < -0.3 is 10.5 Å². The lowest BCUT2D eigenvalue weighted by atomic mass is 10.1. The molecule has 1 heterocycles. The molecule has 2 rings (SSSR count). The first-order chi connectivity index (χ1) is 8.54. The fraction of sp³-hybridized carbons (Fsp3) is 0.273. The minimum Gasteiger partial charge on any atom is -0.496 e. The molecule has 1 unspecified atom stereocenters. The Morgan fingerprint density at radius 2 is 2.11 bits per heavy atom. The second kappa shape index (κ2) is 5.38. The van der Waals surface area contributed by atoms with Crippen molar-refractivity contribution < 1.29 is 4.74 Å². The molecule has 0 amide bonds. The number of hydrogen-bond donors (Lipinski definition) is 1. The highest BCUT2D eigenvalue weighted by Crippen LogP contribution is 2.31. The van der Waals surface area contributed by atoms with E-state index in [2.05, 4.69) is 42.2 Å². The lowest BCUT2D eigenvalue weighted by molar-refractivity contribution is 0.412. The van der Waals surface area contributed by atoms with Crippen molar-refractivity contribution >= 4 is 31.9 Å². The van der Waals surface area contributed by atoms with E-state index in [0.29, 0.717) is 4.60 Å². The van der Waals surface area contributed by atoms with Crippen molar-refractivity contribution in [2.45, 2.75) is 6.04 Å². The maximum Gasteiger partial charge on any atom is 0.153 e. The summed E-state index contributed by atoms with van der Waals surface area (Å²) in [6.45, 7) is 0. The number of hydrogen-bond acceptors (Lipinski definition) is 4. The molecule has 7 heteroatoms. The molecule has 0 fully saturated rings. The summed E-state index contributed by atoms with van der Waals surface area (Å²) >= 11 is 6.80. The smallest absolute Gasteiger partial charge is 0.153 e. The Bertz CT molecular complexity index is 551. The van der Waals surface area contributed by atoms with E-state index in [0.717, 1.165) is 21.5 Å². The summed E-state index contributed by atoms with van der Waals surface area (Å²) in [6, 6.07) is 5.43. The third kappa shape index (κ3) is 2.43. The summed E-state index contributed by atoms with van der Waals surface area (Å²) in [5.41, 5.74) is 8.01. The lowest BCUT2D eigenvalue weighted by Crippen LogP contribution is -2.16. The van der Waals surface area contributed by atoms with E-state index in [1.54, 1.807) is 11.8 Å². The van der Waals surface area contributed by atoms with Crippen LogP contribution in [-0.2, 0) is 7.05 Å². The van der Waals surface area contributed by atoms with Crippen LogP contribution in [-0.4, -0.2) is 22.1 Å². The summed E-state index contributed by atoms with van der Waals surface area (Å²) in [4.78, 5) is 0. The van der Waals surface area contributed by atoms with Gasteiger partial charge in [-0.2, -0.15) is 0 Å². The molecule has 18 heavy (non-hydrogen) atoms. The summed E-state index contributed by atoms with van der Waals surface area (Å²) in [5.74, 6) is 0.771. The van der Waals surface area contributed by atoms with Crippen molar-refractivity contribution in [3.05, 3.63) is 38.5 Å². The number of halogens is 2. The zero-order valence-electron chi connectivity index (χ0n) is 9.89. The molecule has 2 aromatic rings. The van der Waals surface area contributed by atoms with Crippen molar-refractivity contribution in [1.82, 2.24) is 15.0 Å². The average molecular weight is 376 g/mol. The Balaban J connectivity index is 2.40. The normalized spacial score (nSPS) is 12.5. The first-order valence-electron chi connectivity index (χ1n) is 5.18. The van der Waals surface area contributed by atoms with E-state index >= 15 is 0 Å². The maximum atomic E-state index is 6.23. The molecular weight excluding hydrogens is 364 g/mol. The highest BCUT2D eigenvalue weighted by molar-refractivity contribution is 9.10. The Hall–Kier alpha value is -0.920. The number of benzene rings is 1. The van der Waals surface area contributed by atoms with Gasteiger partial charge in [-0.1, -0.05) is 11.3 Å². The van der Waals surface area contributed by atoms with Crippen LogP contribution in [0.4, 0.5) is 0 Å². The van der Waals surface area contributed by atoms with Crippen molar-refractivity contribution in [2.75, 3.05) is 7.11 Å². The van der Waals surface area contributed by atoms with Crippen molar-refractivity contribution in [3.63, 3.8) is 0 Å². The molecule has 1 aromatic carbocycles. The Morgan fingerprint density at radius 3 is 2.61 bits per heavy atom. The van der Waals surface area contributed by atoms with Gasteiger partial charge in [-0.05, 0) is 49.6 Å². The van der Waals surface area contributed by atoms with Crippen LogP contribution in [0.5, 0.6) is 5.75 Å². The first-order valence-corrected chi connectivity index (χ1v) is 6.77. The second-order valence-electron chi connectivity index (χ2n) is 3.76. The number of rotatable bonds is 3. The Labute approximate surface area is 122 Å². The molecule has 0 aliphatic carbocycles. The molecule has 0 aliphatic heterocycles. The number of nitrogens with two attached hydrogens (primary N) is 1. The number of ether oxygens (including phenoxy) is 1. The predicted molar refractivity (Wildman–Crippen MR) is 75.4 cm³/mol. The van der Waals surface area contributed by atoms with Gasteiger partial charge in [0.15, 0.2) is 4.60 Å². The van der Waals surface area contributed by atoms with Crippen LogP contribution < -0.4 is 10.5 Å². The van der Waals surface area contributed by atoms with Gasteiger partial charge in [-0.3, -0.25) is 0 Å². The number of aromatic nitrogens is 3. The molecule has 1 atom stereocenters. The molecule has 96 valence electrons. The average Bonchev–Trinajstić information content (AvgIpc) is 2.68. The molecule has 0 saturated carbocycles. The zero-order valence-corrected chi connectivity index (χ0v) is 13.1. The van der Waals surface area contributed by atoms with Crippen LogP contribution in [0.3, 0.4) is 0 Å². The number of methoxy groups -OCH3 is 1. The van der Waals surface area contributed by atoms with Gasteiger partial charge >= 0.3 is 0 Å². The van der Waals surface area contributed by atoms with E-state index < -0.39 is 0 Å². The SMILES string of the molecule is COc1ccc(C(N)c2c(Br)nnn2C)cc1Br. The molecule has 5 nitrogen and oxygen atoms in total. The zero-order chi connectivity index (χ0) is 13.3. The molecular formula is C11H12Br2N4O. The van der Waals surface area contributed by atoms with Crippen molar-refractivity contribution in [2.24, 2.45) is 12.8 Å². The highest BCUT2D eigenvalue weighted by Gasteiger charge is 2.18. The highest BCUT2D eigenvalue weighted by atomic mass is 79.9. The maximum absolute atomic E-state index is 6.23. The second-order valence-corrected chi connectivity index (χ2v) is 5.37. The van der Waals surface area contributed by atoms with E-state index in [-0.39, 0.29) is 6.04 Å².